The molecule has 1 heterocycles. The van der Waals surface area contributed by atoms with Crippen LogP contribution < -0.4 is 4.74 Å². The third-order valence-corrected chi connectivity index (χ3v) is 3.20. The van der Waals surface area contributed by atoms with Crippen LogP contribution in [0.2, 0.25) is 0 Å². The Balaban J connectivity index is 1.82. The van der Waals surface area contributed by atoms with Gasteiger partial charge in [0.05, 0.1) is 6.54 Å². The molecule has 0 bridgehead atoms. The van der Waals surface area contributed by atoms with Crippen molar-refractivity contribution in [2.45, 2.75) is 26.8 Å². The van der Waals surface area contributed by atoms with E-state index < -0.39 is 0 Å². The van der Waals surface area contributed by atoms with Crippen LogP contribution in [0.1, 0.15) is 23.9 Å². The molecule has 1 aromatic carbocycles. The summed E-state index contributed by atoms with van der Waals surface area (Å²) in [4.78, 5) is 13.6. The fourth-order valence-electron chi connectivity index (χ4n) is 1.90. The van der Waals surface area contributed by atoms with Crippen molar-refractivity contribution in [3.63, 3.8) is 0 Å². The molecule has 2 rings (SSSR count). The number of hydrogen-bond donors (Lipinski definition) is 0. The Morgan fingerprint density at radius 1 is 1.33 bits per heavy atom. The van der Waals surface area contributed by atoms with Crippen LogP contribution in [0.3, 0.4) is 0 Å². The number of hydrogen-bond acceptors (Lipinski definition) is 4. The minimum atomic E-state index is -0.102. The Kier molecular flexibility index (Phi) is 4.98. The van der Waals surface area contributed by atoms with E-state index in [0.717, 1.165) is 17.9 Å². The Morgan fingerprint density at radius 2 is 2.05 bits per heavy atom. The third kappa shape index (κ3) is 4.34. The molecule has 0 saturated heterocycles. The lowest BCUT2D eigenvalue weighted by Crippen LogP contribution is -2.31. The number of ether oxygens (including phenoxy) is 1. The maximum atomic E-state index is 12.0. The summed E-state index contributed by atoms with van der Waals surface area (Å²) in [5.74, 6) is 1.33. The first-order chi connectivity index (χ1) is 10.1. The number of nitrogens with zero attached hydrogens (tertiary/aromatic N) is 2. The number of benzene rings is 1. The van der Waals surface area contributed by atoms with E-state index in [0.29, 0.717) is 12.3 Å². The molecule has 1 aromatic heterocycles. The average molecular weight is 288 g/mol. The standard InChI is InChI=1S/C16H20N2O3/c1-4-13-5-7-15(8-6-13)20-11-16(19)18(3)10-14-9-12(2)21-17-14/h5-9H,4,10-11H2,1-3H3. The molecule has 0 radical (unpaired) electrons. The molecule has 5 nitrogen and oxygen atoms in total. The number of amides is 1. The fourth-order valence-corrected chi connectivity index (χ4v) is 1.90. The highest BCUT2D eigenvalue weighted by Crippen LogP contribution is 2.13. The van der Waals surface area contributed by atoms with Crippen molar-refractivity contribution in [3.8, 4) is 5.75 Å². The highest BCUT2D eigenvalue weighted by Gasteiger charge is 2.12. The molecule has 0 fully saturated rings. The van der Waals surface area contributed by atoms with Gasteiger partial charge in [0, 0.05) is 13.1 Å². The first-order valence-electron chi connectivity index (χ1n) is 6.96. The van der Waals surface area contributed by atoms with Crippen molar-refractivity contribution in [2.24, 2.45) is 0 Å². The van der Waals surface area contributed by atoms with Gasteiger partial charge in [-0.2, -0.15) is 0 Å². The molecular weight excluding hydrogens is 268 g/mol. The van der Waals surface area contributed by atoms with Gasteiger partial charge in [0.1, 0.15) is 17.2 Å². The fraction of sp³-hybridized carbons (Fsp3) is 0.375. The summed E-state index contributed by atoms with van der Waals surface area (Å²) in [7, 11) is 1.72. The molecule has 5 heteroatoms. The van der Waals surface area contributed by atoms with Gasteiger partial charge in [-0.25, -0.2) is 0 Å². The summed E-state index contributed by atoms with van der Waals surface area (Å²) in [5, 5.41) is 3.87. The molecule has 0 N–H and O–H groups in total. The lowest BCUT2D eigenvalue weighted by molar-refractivity contribution is -0.132. The second-order valence-corrected chi connectivity index (χ2v) is 4.96. The number of likely N-dealkylation sites (N-methyl/N-ethyl adjacent to an activating group) is 1. The molecule has 0 aliphatic rings. The van der Waals surface area contributed by atoms with Crippen LogP contribution >= 0.6 is 0 Å². The van der Waals surface area contributed by atoms with E-state index in [2.05, 4.69) is 12.1 Å². The zero-order valence-corrected chi connectivity index (χ0v) is 12.6. The van der Waals surface area contributed by atoms with Gasteiger partial charge in [0.2, 0.25) is 0 Å². The topological polar surface area (TPSA) is 55.6 Å². The molecule has 0 spiro atoms. The van der Waals surface area contributed by atoms with Crippen molar-refractivity contribution in [1.29, 1.82) is 0 Å². The maximum Gasteiger partial charge on any atom is 0.260 e. The van der Waals surface area contributed by atoms with E-state index in [4.69, 9.17) is 9.26 Å². The highest BCUT2D eigenvalue weighted by molar-refractivity contribution is 5.77. The van der Waals surface area contributed by atoms with Crippen molar-refractivity contribution in [2.75, 3.05) is 13.7 Å². The van der Waals surface area contributed by atoms with Gasteiger partial charge < -0.3 is 14.2 Å². The Bertz CT molecular complexity index is 590. The number of carbonyl (C=O) groups is 1. The van der Waals surface area contributed by atoms with Gasteiger partial charge in [-0.1, -0.05) is 24.2 Å². The van der Waals surface area contributed by atoms with Crippen LogP contribution in [0.5, 0.6) is 5.75 Å². The average Bonchev–Trinajstić information content (AvgIpc) is 2.90. The molecule has 21 heavy (non-hydrogen) atoms. The summed E-state index contributed by atoms with van der Waals surface area (Å²) >= 11 is 0. The van der Waals surface area contributed by atoms with Gasteiger partial charge >= 0.3 is 0 Å². The van der Waals surface area contributed by atoms with Crippen molar-refractivity contribution in [3.05, 3.63) is 47.3 Å². The lowest BCUT2D eigenvalue weighted by atomic mass is 10.2. The zero-order valence-electron chi connectivity index (χ0n) is 12.6. The van der Waals surface area contributed by atoms with Gasteiger partial charge in [0.25, 0.3) is 5.91 Å². The maximum absolute atomic E-state index is 12.0. The monoisotopic (exact) mass is 288 g/mol. The molecule has 0 saturated carbocycles. The van der Waals surface area contributed by atoms with Crippen LogP contribution in [0.4, 0.5) is 0 Å². The van der Waals surface area contributed by atoms with E-state index in [9.17, 15) is 4.79 Å². The quantitative estimate of drug-likeness (QED) is 0.820. The first-order valence-corrected chi connectivity index (χ1v) is 6.96. The van der Waals surface area contributed by atoms with Gasteiger partial charge in [-0.3, -0.25) is 4.79 Å². The number of rotatable bonds is 6. The van der Waals surface area contributed by atoms with E-state index in [-0.39, 0.29) is 12.5 Å². The molecule has 0 unspecified atom stereocenters. The first kappa shape index (κ1) is 15.1. The Labute approximate surface area is 124 Å². The van der Waals surface area contributed by atoms with Crippen molar-refractivity contribution < 1.29 is 14.1 Å². The van der Waals surface area contributed by atoms with E-state index in [1.165, 1.54) is 5.56 Å². The summed E-state index contributed by atoms with van der Waals surface area (Å²) < 4.78 is 10.5. The number of carbonyl (C=O) groups excluding carboxylic acids is 1. The summed E-state index contributed by atoms with van der Waals surface area (Å²) in [6.07, 6.45) is 0.985. The predicted octanol–water partition coefficient (Wildman–Crippen LogP) is 2.58. The van der Waals surface area contributed by atoms with Crippen LogP contribution in [-0.4, -0.2) is 29.6 Å². The normalized spacial score (nSPS) is 10.4. The molecular formula is C16H20N2O3. The minimum absolute atomic E-state index is 0.0127. The second kappa shape index (κ2) is 6.92. The van der Waals surface area contributed by atoms with Gasteiger partial charge in [-0.15, -0.1) is 0 Å². The molecule has 2 aromatic rings. The summed E-state index contributed by atoms with van der Waals surface area (Å²) in [6.45, 7) is 4.34. The predicted molar refractivity (Wildman–Crippen MR) is 79.0 cm³/mol. The van der Waals surface area contributed by atoms with Crippen LogP contribution in [0.25, 0.3) is 0 Å². The van der Waals surface area contributed by atoms with Gasteiger partial charge in [-0.05, 0) is 31.0 Å². The Morgan fingerprint density at radius 3 is 2.62 bits per heavy atom. The summed E-state index contributed by atoms with van der Waals surface area (Å²) in [5.41, 5.74) is 1.97. The number of aryl methyl sites for hydroxylation is 2. The third-order valence-electron chi connectivity index (χ3n) is 3.20. The molecule has 0 aliphatic carbocycles. The lowest BCUT2D eigenvalue weighted by Gasteiger charge is -2.16. The zero-order chi connectivity index (χ0) is 15.2. The highest BCUT2D eigenvalue weighted by atomic mass is 16.5. The molecule has 0 atom stereocenters. The Hall–Kier alpha value is -2.30. The molecule has 1 amide bonds. The minimum Gasteiger partial charge on any atom is -0.484 e. The van der Waals surface area contributed by atoms with Crippen molar-refractivity contribution >= 4 is 5.91 Å². The molecule has 0 aliphatic heterocycles. The van der Waals surface area contributed by atoms with E-state index >= 15 is 0 Å². The van der Waals surface area contributed by atoms with E-state index in [1.807, 2.05) is 37.3 Å². The van der Waals surface area contributed by atoms with Crippen LogP contribution in [-0.2, 0) is 17.8 Å². The second-order valence-electron chi connectivity index (χ2n) is 4.96. The largest absolute Gasteiger partial charge is 0.484 e. The molecule has 112 valence electrons. The van der Waals surface area contributed by atoms with Crippen molar-refractivity contribution in [1.82, 2.24) is 10.1 Å². The summed E-state index contributed by atoms with van der Waals surface area (Å²) in [6, 6.07) is 9.58. The van der Waals surface area contributed by atoms with Gasteiger partial charge in [0.15, 0.2) is 6.61 Å². The van der Waals surface area contributed by atoms with E-state index in [1.54, 1.807) is 11.9 Å². The van der Waals surface area contributed by atoms with Crippen LogP contribution in [0, 0.1) is 6.92 Å². The smallest absolute Gasteiger partial charge is 0.260 e. The SMILES string of the molecule is CCc1ccc(OCC(=O)N(C)Cc2cc(C)on2)cc1. The number of aromatic nitrogens is 1. The van der Waals surface area contributed by atoms with Crippen LogP contribution in [0.15, 0.2) is 34.9 Å².